The summed E-state index contributed by atoms with van der Waals surface area (Å²) in [4.78, 5) is 49.5. The molecule has 0 N–H and O–H groups in total. The van der Waals surface area contributed by atoms with Gasteiger partial charge in [-0.05, 0) is 100 Å². The highest BCUT2D eigenvalue weighted by atomic mass is 16.6. The Bertz CT molecular complexity index is 2180. The largest absolute Gasteiger partial charge is 0.493 e. The molecule has 9 nitrogen and oxygen atoms in total. The Morgan fingerprint density at radius 2 is 0.904 bits per heavy atom. The molecule has 9 heteroatoms. The lowest BCUT2D eigenvalue weighted by molar-refractivity contribution is -0.130. The zero-order chi connectivity index (χ0) is 37.8. The lowest BCUT2D eigenvalue weighted by atomic mass is 10.1. The molecule has 0 saturated carbocycles. The fraction of sp³-hybridized carbons (Fsp3) is 0.116. The molecule has 0 amide bonds. The van der Waals surface area contributed by atoms with E-state index in [9.17, 15) is 19.2 Å². The Kier molecular flexibility index (Phi) is 12.7. The van der Waals surface area contributed by atoms with Crippen LogP contribution >= 0.6 is 0 Å². The fourth-order valence-electron chi connectivity index (χ4n) is 4.02. The van der Waals surface area contributed by atoms with Crippen LogP contribution in [0.25, 0.3) is 0 Å². The van der Waals surface area contributed by atoms with Gasteiger partial charge in [0.15, 0.2) is 0 Å². The molecule has 4 aromatic carbocycles. The first kappa shape index (κ1) is 37.7. The van der Waals surface area contributed by atoms with Crippen molar-refractivity contribution in [1.82, 2.24) is 0 Å². The molecule has 0 spiro atoms. The van der Waals surface area contributed by atoms with Crippen LogP contribution in [0.4, 0.5) is 0 Å². The van der Waals surface area contributed by atoms with Gasteiger partial charge in [0.2, 0.25) is 0 Å². The number of hydrogen-bond acceptors (Lipinski definition) is 9. The SMILES string of the molecule is C=C(C)C(=O)Oc1ccc(C#Cc2ccc(OC(=O)c3cc(OC(=O)C(=C)C)c(C#Cc4ccc(OC(=O)C(=C)C)cc4)cc3OCC)cc2)cc1. The number of ether oxygens (including phenoxy) is 5. The highest BCUT2D eigenvalue weighted by Crippen LogP contribution is 2.31. The van der Waals surface area contributed by atoms with E-state index >= 15 is 0 Å². The van der Waals surface area contributed by atoms with Crippen LogP contribution in [0.5, 0.6) is 28.7 Å². The summed E-state index contributed by atoms with van der Waals surface area (Å²) in [5, 5.41) is 0. The summed E-state index contributed by atoms with van der Waals surface area (Å²) in [5.74, 6) is 10.6. The standard InChI is InChI=1S/C43H34O9/c1-8-48-39-25-33(18-11-32-16-21-35(22-17-32)50-41(45)28(4)5)38(52-42(46)29(6)7)26-37(39)43(47)51-36-23-14-31(15-24-36)10-9-30-12-19-34(20-13-30)49-40(44)27(2)3/h12-17,19-26H,2,4,6,8H2,1,3,5,7H3. The van der Waals surface area contributed by atoms with Crippen LogP contribution in [0.3, 0.4) is 0 Å². The zero-order valence-corrected chi connectivity index (χ0v) is 29.1. The second-order valence-corrected chi connectivity index (χ2v) is 11.2. The number of carbonyl (C=O) groups is 4. The van der Waals surface area contributed by atoms with Crippen LogP contribution in [0.1, 0.15) is 60.3 Å². The fourth-order valence-corrected chi connectivity index (χ4v) is 4.02. The molecule has 4 aromatic rings. The number of hydrogen-bond donors (Lipinski definition) is 0. The van der Waals surface area contributed by atoms with E-state index in [2.05, 4.69) is 43.4 Å². The highest BCUT2D eigenvalue weighted by molar-refractivity contribution is 5.96. The molecule has 0 fully saturated rings. The maximum atomic E-state index is 13.4. The van der Waals surface area contributed by atoms with Crippen molar-refractivity contribution in [3.63, 3.8) is 0 Å². The topological polar surface area (TPSA) is 114 Å². The highest BCUT2D eigenvalue weighted by Gasteiger charge is 2.21. The van der Waals surface area contributed by atoms with Gasteiger partial charge in [-0.2, -0.15) is 0 Å². The molecule has 4 rings (SSSR count). The van der Waals surface area contributed by atoms with E-state index < -0.39 is 23.9 Å². The predicted molar refractivity (Wildman–Crippen MR) is 195 cm³/mol. The molecule has 0 aliphatic heterocycles. The van der Waals surface area contributed by atoms with E-state index in [1.54, 1.807) is 93.6 Å². The minimum Gasteiger partial charge on any atom is -0.493 e. The first-order valence-electron chi connectivity index (χ1n) is 15.8. The maximum Gasteiger partial charge on any atom is 0.347 e. The molecule has 0 atom stereocenters. The van der Waals surface area contributed by atoms with Crippen molar-refractivity contribution in [3.8, 4) is 52.4 Å². The van der Waals surface area contributed by atoms with Crippen LogP contribution in [0.15, 0.2) is 121 Å². The minimum absolute atomic E-state index is 0.00171. The average molecular weight is 695 g/mol. The van der Waals surface area contributed by atoms with E-state index in [1.807, 2.05) is 0 Å². The predicted octanol–water partition coefficient (Wildman–Crippen LogP) is 7.55. The summed E-state index contributed by atoms with van der Waals surface area (Å²) in [6, 6.07) is 22.6. The van der Waals surface area contributed by atoms with Crippen molar-refractivity contribution in [3.05, 3.63) is 149 Å². The van der Waals surface area contributed by atoms with Crippen molar-refractivity contribution in [2.45, 2.75) is 27.7 Å². The molecule has 0 aromatic heterocycles. The van der Waals surface area contributed by atoms with Crippen molar-refractivity contribution < 1.29 is 42.9 Å². The summed E-state index contributed by atoms with van der Waals surface area (Å²) in [5.41, 5.74) is 2.90. The van der Waals surface area contributed by atoms with Crippen LogP contribution in [0.2, 0.25) is 0 Å². The van der Waals surface area contributed by atoms with Crippen LogP contribution in [-0.2, 0) is 14.4 Å². The van der Waals surface area contributed by atoms with Crippen LogP contribution in [-0.4, -0.2) is 30.5 Å². The number of benzene rings is 4. The lowest BCUT2D eigenvalue weighted by Gasteiger charge is -2.14. The quantitative estimate of drug-likeness (QED) is 0.0719. The molecule has 0 saturated heterocycles. The van der Waals surface area contributed by atoms with Gasteiger partial charge in [-0.1, -0.05) is 43.4 Å². The maximum absolute atomic E-state index is 13.4. The zero-order valence-electron chi connectivity index (χ0n) is 29.1. The molecule has 52 heavy (non-hydrogen) atoms. The van der Waals surface area contributed by atoms with Gasteiger partial charge < -0.3 is 23.7 Å². The Hall–Kier alpha value is -7.10. The molecular formula is C43H34O9. The molecule has 0 bridgehead atoms. The molecule has 0 radical (unpaired) electrons. The van der Waals surface area contributed by atoms with Crippen molar-refractivity contribution in [2.75, 3.05) is 6.61 Å². The van der Waals surface area contributed by atoms with Gasteiger partial charge in [0.25, 0.3) is 0 Å². The third kappa shape index (κ3) is 10.7. The number of esters is 4. The van der Waals surface area contributed by atoms with Crippen molar-refractivity contribution in [1.29, 1.82) is 0 Å². The normalized spacial score (nSPS) is 9.85. The second-order valence-electron chi connectivity index (χ2n) is 11.2. The molecule has 0 heterocycles. The van der Waals surface area contributed by atoms with E-state index in [0.717, 1.165) is 0 Å². The Morgan fingerprint density at radius 3 is 1.31 bits per heavy atom. The van der Waals surface area contributed by atoms with Gasteiger partial charge in [0, 0.05) is 45.5 Å². The Labute approximate surface area is 302 Å². The van der Waals surface area contributed by atoms with Crippen molar-refractivity contribution >= 4 is 23.9 Å². The summed E-state index contributed by atoms with van der Waals surface area (Å²) in [6.45, 7) is 17.3. The molecule has 0 aliphatic rings. The molecule has 0 unspecified atom stereocenters. The second kappa shape index (κ2) is 17.5. The molecule has 0 aliphatic carbocycles. The van der Waals surface area contributed by atoms with E-state index in [0.29, 0.717) is 33.8 Å². The van der Waals surface area contributed by atoms with Gasteiger partial charge >= 0.3 is 23.9 Å². The number of rotatable bonds is 10. The van der Waals surface area contributed by atoms with Gasteiger partial charge in [-0.15, -0.1) is 0 Å². The Balaban J connectivity index is 1.55. The lowest BCUT2D eigenvalue weighted by Crippen LogP contribution is -2.14. The van der Waals surface area contributed by atoms with Gasteiger partial charge in [0.05, 0.1) is 12.2 Å². The summed E-state index contributed by atoms with van der Waals surface area (Å²) in [7, 11) is 0. The first-order chi connectivity index (χ1) is 24.8. The van der Waals surface area contributed by atoms with E-state index in [1.165, 1.54) is 19.1 Å². The van der Waals surface area contributed by atoms with E-state index in [4.69, 9.17) is 23.7 Å². The van der Waals surface area contributed by atoms with Gasteiger partial charge in [0.1, 0.15) is 34.3 Å². The molecule has 260 valence electrons. The van der Waals surface area contributed by atoms with Gasteiger partial charge in [-0.3, -0.25) is 0 Å². The van der Waals surface area contributed by atoms with Crippen LogP contribution < -0.4 is 23.7 Å². The minimum atomic E-state index is -0.762. The third-order valence-corrected chi connectivity index (χ3v) is 6.74. The third-order valence-electron chi connectivity index (χ3n) is 6.74. The van der Waals surface area contributed by atoms with Crippen molar-refractivity contribution in [2.24, 2.45) is 0 Å². The number of carbonyl (C=O) groups excluding carboxylic acids is 4. The van der Waals surface area contributed by atoms with Gasteiger partial charge in [-0.25, -0.2) is 19.2 Å². The average Bonchev–Trinajstić information content (AvgIpc) is 3.12. The Morgan fingerprint density at radius 1 is 0.519 bits per heavy atom. The monoisotopic (exact) mass is 694 g/mol. The summed E-state index contributed by atoms with van der Waals surface area (Å²) >= 11 is 0. The molecular weight excluding hydrogens is 660 g/mol. The summed E-state index contributed by atoms with van der Waals surface area (Å²) in [6.07, 6.45) is 0. The van der Waals surface area contributed by atoms with Crippen LogP contribution in [0, 0.1) is 23.7 Å². The van der Waals surface area contributed by atoms with E-state index in [-0.39, 0.29) is 46.1 Å². The first-order valence-corrected chi connectivity index (χ1v) is 15.8. The smallest absolute Gasteiger partial charge is 0.347 e. The summed E-state index contributed by atoms with van der Waals surface area (Å²) < 4.78 is 27.4.